The van der Waals surface area contributed by atoms with E-state index >= 15 is 0 Å². The van der Waals surface area contributed by atoms with Gasteiger partial charge in [0.15, 0.2) is 0 Å². The van der Waals surface area contributed by atoms with E-state index in [-0.39, 0.29) is 25.0 Å². The molecule has 0 bridgehead atoms. The molecular formula is C15H21BrN2O3. The zero-order valence-corrected chi connectivity index (χ0v) is 14.0. The lowest BCUT2D eigenvalue weighted by Gasteiger charge is -2.20. The zero-order valence-electron chi connectivity index (χ0n) is 12.4. The fourth-order valence-electron chi connectivity index (χ4n) is 1.89. The maximum Gasteiger partial charge on any atom is 0.320 e. The van der Waals surface area contributed by atoms with Gasteiger partial charge in [-0.05, 0) is 38.1 Å². The highest BCUT2D eigenvalue weighted by Crippen LogP contribution is 2.15. The van der Waals surface area contributed by atoms with Crippen molar-refractivity contribution in [3.8, 4) is 0 Å². The van der Waals surface area contributed by atoms with Crippen molar-refractivity contribution in [2.45, 2.75) is 20.3 Å². The molecule has 0 fully saturated rings. The van der Waals surface area contributed by atoms with Crippen LogP contribution < -0.4 is 5.32 Å². The number of amides is 1. The van der Waals surface area contributed by atoms with E-state index in [1.54, 1.807) is 11.8 Å². The van der Waals surface area contributed by atoms with Gasteiger partial charge in [-0.1, -0.05) is 28.9 Å². The standard InChI is InChI=1S/C15H21BrN2O3/c1-3-8-18(11-15(20)21-4-2)10-14(19)17-13-7-5-6-12(16)9-13/h5-7,9H,3-4,8,10-11H2,1-2H3,(H,17,19). The minimum atomic E-state index is -0.304. The third kappa shape index (κ3) is 7.24. The summed E-state index contributed by atoms with van der Waals surface area (Å²) in [4.78, 5) is 25.3. The first-order chi connectivity index (χ1) is 10.0. The Morgan fingerprint density at radius 3 is 2.67 bits per heavy atom. The van der Waals surface area contributed by atoms with Crippen molar-refractivity contribution in [1.29, 1.82) is 0 Å². The van der Waals surface area contributed by atoms with E-state index < -0.39 is 0 Å². The second-order valence-electron chi connectivity index (χ2n) is 4.57. The Hall–Kier alpha value is -1.40. The van der Waals surface area contributed by atoms with Crippen molar-refractivity contribution in [3.63, 3.8) is 0 Å². The molecule has 1 amide bonds. The molecule has 0 aliphatic rings. The molecule has 0 unspecified atom stereocenters. The number of nitrogens with one attached hydrogen (secondary N) is 1. The van der Waals surface area contributed by atoms with Gasteiger partial charge in [0.05, 0.1) is 19.7 Å². The molecule has 0 aliphatic carbocycles. The van der Waals surface area contributed by atoms with Gasteiger partial charge in [-0.2, -0.15) is 0 Å². The summed E-state index contributed by atoms with van der Waals surface area (Å²) >= 11 is 3.35. The topological polar surface area (TPSA) is 58.6 Å². The van der Waals surface area contributed by atoms with Crippen LogP contribution >= 0.6 is 15.9 Å². The Labute approximate surface area is 133 Å². The Morgan fingerprint density at radius 1 is 1.29 bits per heavy atom. The summed E-state index contributed by atoms with van der Waals surface area (Å²) in [5.41, 5.74) is 0.724. The predicted octanol–water partition coefficient (Wildman–Crippen LogP) is 2.66. The molecule has 1 N–H and O–H groups in total. The SMILES string of the molecule is CCCN(CC(=O)Nc1cccc(Br)c1)CC(=O)OCC. The van der Waals surface area contributed by atoms with Gasteiger partial charge in [-0.3, -0.25) is 14.5 Å². The maximum absolute atomic E-state index is 12.0. The summed E-state index contributed by atoms with van der Waals surface area (Å²) in [6.45, 7) is 5.09. The molecule has 0 saturated heterocycles. The molecule has 116 valence electrons. The largest absolute Gasteiger partial charge is 0.465 e. The van der Waals surface area contributed by atoms with Gasteiger partial charge in [0.1, 0.15) is 0 Å². The number of nitrogens with zero attached hydrogens (tertiary/aromatic N) is 1. The number of hydrogen-bond acceptors (Lipinski definition) is 4. The first-order valence-electron chi connectivity index (χ1n) is 6.98. The molecule has 21 heavy (non-hydrogen) atoms. The van der Waals surface area contributed by atoms with Crippen LogP contribution in [0.25, 0.3) is 0 Å². The van der Waals surface area contributed by atoms with Crippen LogP contribution in [0, 0.1) is 0 Å². The number of esters is 1. The van der Waals surface area contributed by atoms with Crippen LogP contribution in [0.1, 0.15) is 20.3 Å². The van der Waals surface area contributed by atoms with Gasteiger partial charge in [-0.25, -0.2) is 0 Å². The van der Waals surface area contributed by atoms with E-state index in [0.717, 1.165) is 16.6 Å². The van der Waals surface area contributed by atoms with Gasteiger partial charge in [0.25, 0.3) is 0 Å². The van der Waals surface area contributed by atoms with Gasteiger partial charge >= 0.3 is 5.97 Å². The third-order valence-corrected chi connectivity index (χ3v) is 3.17. The summed E-state index contributed by atoms with van der Waals surface area (Å²) < 4.78 is 5.82. The average Bonchev–Trinajstić information content (AvgIpc) is 2.38. The van der Waals surface area contributed by atoms with Gasteiger partial charge in [-0.15, -0.1) is 0 Å². The summed E-state index contributed by atoms with van der Waals surface area (Å²) in [6, 6.07) is 7.38. The lowest BCUT2D eigenvalue weighted by molar-refractivity contribution is -0.144. The maximum atomic E-state index is 12.0. The molecule has 0 saturated carbocycles. The fraction of sp³-hybridized carbons (Fsp3) is 0.467. The van der Waals surface area contributed by atoms with E-state index in [2.05, 4.69) is 21.2 Å². The molecule has 0 aromatic heterocycles. The number of benzene rings is 1. The van der Waals surface area contributed by atoms with Crippen molar-refractivity contribution in [2.75, 3.05) is 31.6 Å². The lowest BCUT2D eigenvalue weighted by atomic mass is 10.3. The number of carbonyl (C=O) groups excluding carboxylic acids is 2. The minimum absolute atomic E-state index is 0.133. The summed E-state index contributed by atoms with van der Waals surface area (Å²) in [7, 11) is 0. The van der Waals surface area contributed by atoms with Crippen LogP contribution in [0.15, 0.2) is 28.7 Å². The molecular weight excluding hydrogens is 336 g/mol. The van der Waals surface area contributed by atoms with Crippen molar-refractivity contribution in [3.05, 3.63) is 28.7 Å². The smallest absolute Gasteiger partial charge is 0.320 e. The monoisotopic (exact) mass is 356 g/mol. The molecule has 1 rings (SSSR count). The highest BCUT2D eigenvalue weighted by Gasteiger charge is 2.14. The predicted molar refractivity (Wildman–Crippen MR) is 86.1 cm³/mol. The lowest BCUT2D eigenvalue weighted by Crippen LogP contribution is -2.38. The van der Waals surface area contributed by atoms with Crippen molar-refractivity contribution >= 4 is 33.5 Å². The molecule has 6 heteroatoms. The Kier molecular flexibility index (Phi) is 8.00. The molecule has 0 aliphatic heterocycles. The molecule has 0 radical (unpaired) electrons. The average molecular weight is 357 g/mol. The van der Waals surface area contributed by atoms with Crippen LogP contribution in [0.5, 0.6) is 0 Å². The van der Waals surface area contributed by atoms with E-state index in [1.807, 2.05) is 31.2 Å². The Morgan fingerprint density at radius 2 is 2.05 bits per heavy atom. The molecule has 5 nitrogen and oxygen atoms in total. The second-order valence-corrected chi connectivity index (χ2v) is 5.49. The molecule has 1 aromatic rings. The third-order valence-electron chi connectivity index (χ3n) is 2.67. The number of anilines is 1. The van der Waals surface area contributed by atoms with Gasteiger partial charge in [0, 0.05) is 10.2 Å². The molecule has 0 heterocycles. The van der Waals surface area contributed by atoms with Crippen LogP contribution in [0.3, 0.4) is 0 Å². The number of hydrogen-bond donors (Lipinski definition) is 1. The van der Waals surface area contributed by atoms with Gasteiger partial charge < -0.3 is 10.1 Å². The van der Waals surface area contributed by atoms with Gasteiger partial charge in [0.2, 0.25) is 5.91 Å². The summed E-state index contributed by atoms with van der Waals surface area (Å²) in [5.74, 6) is -0.452. The van der Waals surface area contributed by atoms with Crippen molar-refractivity contribution in [2.24, 2.45) is 0 Å². The van der Waals surface area contributed by atoms with E-state index in [9.17, 15) is 9.59 Å². The second kappa shape index (κ2) is 9.52. The summed E-state index contributed by atoms with van der Waals surface area (Å²) in [5, 5.41) is 2.81. The molecule has 0 atom stereocenters. The van der Waals surface area contributed by atoms with Crippen molar-refractivity contribution in [1.82, 2.24) is 4.90 Å². The van der Waals surface area contributed by atoms with Crippen LogP contribution in [-0.2, 0) is 14.3 Å². The quantitative estimate of drug-likeness (QED) is 0.727. The van der Waals surface area contributed by atoms with Crippen LogP contribution in [0.2, 0.25) is 0 Å². The van der Waals surface area contributed by atoms with E-state index in [1.165, 1.54) is 0 Å². The normalized spacial score (nSPS) is 10.5. The molecule has 1 aromatic carbocycles. The number of halogens is 1. The number of carbonyl (C=O) groups is 2. The number of rotatable bonds is 8. The highest BCUT2D eigenvalue weighted by atomic mass is 79.9. The van der Waals surface area contributed by atoms with E-state index in [0.29, 0.717) is 13.2 Å². The summed E-state index contributed by atoms with van der Waals surface area (Å²) in [6.07, 6.45) is 0.865. The first kappa shape index (κ1) is 17.7. The Balaban J connectivity index is 2.53. The van der Waals surface area contributed by atoms with E-state index in [4.69, 9.17) is 4.74 Å². The molecule has 0 spiro atoms. The zero-order chi connectivity index (χ0) is 15.7. The fourth-order valence-corrected chi connectivity index (χ4v) is 2.29. The minimum Gasteiger partial charge on any atom is -0.465 e. The van der Waals surface area contributed by atoms with Crippen LogP contribution in [0.4, 0.5) is 5.69 Å². The highest BCUT2D eigenvalue weighted by molar-refractivity contribution is 9.10. The van der Waals surface area contributed by atoms with Crippen molar-refractivity contribution < 1.29 is 14.3 Å². The Bertz CT molecular complexity index is 480. The van der Waals surface area contributed by atoms with Crippen LogP contribution in [-0.4, -0.2) is 43.0 Å². The first-order valence-corrected chi connectivity index (χ1v) is 7.77. The number of ether oxygens (including phenoxy) is 1.